The van der Waals surface area contributed by atoms with Crippen LogP contribution < -0.4 is 18.9 Å². The molecule has 3 heterocycles. The van der Waals surface area contributed by atoms with Gasteiger partial charge >= 0.3 is 17.9 Å². The Morgan fingerprint density at radius 2 is 1.61 bits per heavy atom. The summed E-state index contributed by atoms with van der Waals surface area (Å²) in [6, 6.07) is 13.8. The summed E-state index contributed by atoms with van der Waals surface area (Å²) in [5.41, 5.74) is 4.14. The molecule has 1 aliphatic carbocycles. The Balaban J connectivity index is 1.12. The average molecular weight is 782 g/mol. The van der Waals surface area contributed by atoms with Gasteiger partial charge in [-0.3, -0.25) is 14.5 Å². The highest BCUT2D eigenvalue weighted by molar-refractivity contribution is 6.34. The van der Waals surface area contributed by atoms with Gasteiger partial charge in [-0.2, -0.15) is 0 Å². The zero-order valence-corrected chi connectivity index (χ0v) is 32.1. The Morgan fingerprint density at radius 1 is 0.889 bits per heavy atom. The quantitative estimate of drug-likeness (QED) is 0.138. The molecule has 2 fully saturated rings. The number of H-pyrrole nitrogens is 1. The molecule has 12 nitrogen and oxygen atoms in total. The lowest BCUT2D eigenvalue weighted by Crippen LogP contribution is -2.58. The highest BCUT2D eigenvalue weighted by atomic mass is 35.5. The third-order valence-electron chi connectivity index (χ3n) is 11.0. The van der Waals surface area contributed by atoms with Gasteiger partial charge in [0.25, 0.3) is 0 Å². The van der Waals surface area contributed by atoms with Crippen LogP contribution in [0.3, 0.4) is 0 Å². The number of fused-ring (bicyclic) bond motifs is 6. The van der Waals surface area contributed by atoms with Crippen molar-refractivity contribution in [1.82, 2.24) is 9.88 Å². The van der Waals surface area contributed by atoms with E-state index in [1.165, 1.54) is 57.2 Å². The topological polar surface area (TPSA) is 135 Å². The predicted octanol–water partition coefficient (Wildman–Crippen LogP) is 6.62. The van der Waals surface area contributed by atoms with Crippen LogP contribution in [0.15, 0.2) is 48.5 Å². The molecule has 1 saturated heterocycles. The number of piperidine rings is 1. The SMILES string of the molecule is COC(=O)[C@H]1[C@H]2C[C@@H]3c4[nH]c5cc(OC)ccc5c4CCN3C[C@H]2C[C@@H](OC(=O)c2cc(OC)c(OC(=O)Cc3cc(Cl)cc(Cl)c3)c(OC)c2)[C@@H]1OC. The van der Waals surface area contributed by atoms with Gasteiger partial charge in [0.15, 0.2) is 11.5 Å². The fraction of sp³-hybridized carbons (Fsp3) is 0.425. The minimum Gasteiger partial charge on any atom is -0.497 e. The summed E-state index contributed by atoms with van der Waals surface area (Å²) in [6.45, 7) is 1.58. The number of hydrogen-bond donors (Lipinski definition) is 1. The molecule has 0 radical (unpaired) electrons. The van der Waals surface area contributed by atoms with Crippen molar-refractivity contribution in [3.8, 4) is 23.0 Å². The van der Waals surface area contributed by atoms with Crippen molar-refractivity contribution in [2.45, 2.75) is 43.9 Å². The molecule has 7 rings (SSSR count). The zero-order chi connectivity index (χ0) is 38.3. The van der Waals surface area contributed by atoms with Crippen molar-refractivity contribution in [3.63, 3.8) is 0 Å². The summed E-state index contributed by atoms with van der Waals surface area (Å²) < 4.78 is 39.7. The van der Waals surface area contributed by atoms with Crippen molar-refractivity contribution in [2.24, 2.45) is 17.8 Å². The van der Waals surface area contributed by atoms with E-state index in [-0.39, 0.29) is 47.1 Å². The van der Waals surface area contributed by atoms with Crippen molar-refractivity contribution in [3.05, 3.63) is 81.0 Å². The van der Waals surface area contributed by atoms with Gasteiger partial charge in [0.05, 0.1) is 52.4 Å². The van der Waals surface area contributed by atoms with Crippen molar-refractivity contribution in [2.75, 3.05) is 48.6 Å². The lowest BCUT2D eigenvalue weighted by molar-refractivity contribution is -0.176. The lowest BCUT2D eigenvalue weighted by atomic mass is 9.63. The Hall–Kier alpha value is -4.49. The van der Waals surface area contributed by atoms with Crippen LogP contribution in [0.25, 0.3) is 10.9 Å². The van der Waals surface area contributed by atoms with Gasteiger partial charge in [-0.25, -0.2) is 4.79 Å². The Bertz CT molecular complexity index is 2040. The van der Waals surface area contributed by atoms with E-state index in [0.29, 0.717) is 35.0 Å². The number of nitrogens with zero attached hydrogens (tertiary/aromatic N) is 1. The minimum absolute atomic E-state index is 0.00810. The van der Waals surface area contributed by atoms with Gasteiger partial charge in [-0.05, 0) is 84.7 Å². The number of halogens is 2. The Labute approximate surface area is 322 Å². The van der Waals surface area contributed by atoms with E-state index >= 15 is 0 Å². The monoisotopic (exact) mass is 780 g/mol. The van der Waals surface area contributed by atoms with Crippen molar-refractivity contribution >= 4 is 52.0 Å². The number of carbonyl (C=O) groups excluding carboxylic acids is 3. The summed E-state index contributed by atoms with van der Waals surface area (Å²) in [6.07, 6.45) is 0.438. The third-order valence-corrected chi connectivity index (χ3v) is 11.5. The van der Waals surface area contributed by atoms with E-state index in [0.717, 1.165) is 24.2 Å². The third kappa shape index (κ3) is 7.20. The molecule has 14 heteroatoms. The van der Waals surface area contributed by atoms with Crippen LogP contribution in [0.1, 0.15) is 46.1 Å². The van der Waals surface area contributed by atoms with Crippen molar-refractivity contribution in [1.29, 1.82) is 0 Å². The molecule has 4 aromatic rings. The standard InChI is InChI=1S/C40H42Cl2N2O10/c1-48-25-6-7-26-27-8-9-44-19-22-15-33(38(51-4)35(40(47)52-5)28(22)18-30(44)36(27)43-29(26)17-25)53-39(46)21-13-31(49-2)37(32(14-21)50-3)54-34(45)12-20-10-23(41)16-24(42)11-20/h6-7,10-11,13-14,16-17,22,28,30,33,35,38,43H,8-9,12,15,18-19H2,1-5H3/t22-,28+,30-,33-,35+,38+/m1/s1. The van der Waals surface area contributed by atoms with Gasteiger partial charge in [-0.1, -0.05) is 23.2 Å². The number of nitrogens with one attached hydrogen (secondary N) is 1. The summed E-state index contributed by atoms with van der Waals surface area (Å²) in [5, 5.41) is 1.95. The summed E-state index contributed by atoms with van der Waals surface area (Å²) in [5.74, 6) is -1.50. The maximum atomic E-state index is 13.9. The van der Waals surface area contributed by atoms with Gasteiger partial charge in [0, 0.05) is 52.9 Å². The maximum absolute atomic E-state index is 13.9. The minimum atomic E-state index is -0.760. The number of aromatic amines is 1. The van der Waals surface area contributed by atoms with Crippen LogP contribution in [-0.4, -0.2) is 88.6 Å². The van der Waals surface area contributed by atoms with E-state index < -0.39 is 36.0 Å². The number of methoxy groups -OCH3 is 5. The largest absolute Gasteiger partial charge is 0.497 e. The summed E-state index contributed by atoms with van der Waals surface area (Å²) >= 11 is 12.2. The molecule has 0 unspecified atom stereocenters. The van der Waals surface area contributed by atoms with Crippen molar-refractivity contribution < 1.29 is 47.5 Å². The second kappa shape index (κ2) is 15.7. The average Bonchev–Trinajstić information content (AvgIpc) is 3.54. The van der Waals surface area contributed by atoms with E-state index in [9.17, 15) is 14.4 Å². The molecule has 54 heavy (non-hydrogen) atoms. The molecule has 1 saturated carbocycles. The number of aromatic nitrogens is 1. The number of carbonyl (C=O) groups is 3. The zero-order valence-electron chi connectivity index (χ0n) is 30.6. The van der Waals surface area contributed by atoms with E-state index in [2.05, 4.69) is 16.0 Å². The van der Waals surface area contributed by atoms with Gasteiger partial charge in [-0.15, -0.1) is 0 Å². The highest BCUT2D eigenvalue weighted by Gasteiger charge is 2.54. The number of benzene rings is 3. The molecule has 3 aromatic carbocycles. The molecular formula is C40H42Cl2N2O10. The number of hydrogen-bond acceptors (Lipinski definition) is 11. The molecular weight excluding hydrogens is 739 g/mol. The van der Waals surface area contributed by atoms with Gasteiger partial charge < -0.3 is 38.1 Å². The molecule has 2 aliphatic heterocycles. The number of esters is 3. The summed E-state index contributed by atoms with van der Waals surface area (Å²) in [7, 11) is 7.32. The Morgan fingerprint density at radius 3 is 2.26 bits per heavy atom. The molecule has 1 aromatic heterocycles. The van der Waals surface area contributed by atoms with Crippen LogP contribution in [0.2, 0.25) is 10.0 Å². The van der Waals surface area contributed by atoms with E-state index in [1.807, 2.05) is 12.1 Å². The molecule has 1 N–H and O–H groups in total. The molecule has 0 amide bonds. The maximum Gasteiger partial charge on any atom is 0.338 e. The van der Waals surface area contributed by atoms with Crippen LogP contribution in [0, 0.1) is 17.8 Å². The smallest absolute Gasteiger partial charge is 0.338 e. The first-order chi connectivity index (χ1) is 26.0. The fourth-order valence-electron chi connectivity index (χ4n) is 8.69. The van der Waals surface area contributed by atoms with Gasteiger partial charge in [0.2, 0.25) is 5.75 Å². The van der Waals surface area contributed by atoms with E-state index in [4.69, 9.17) is 56.4 Å². The van der Waals surface area contributed by atoms with Gasteiger partial charge in [0.1, 0.15) is 18.0 Å². The van der Waals surface area contributed by atoms with Crippen LogP contribution in [0.4, 0.5) is 0 Å². The molecule has 286 valence electrons. The molecule has 0 bridgehead atoms. The number of rotatable bonds is 10. The molecule has 6 atom stereocenters. The molecule has 0 spiro atoms. The van der Waals surface area contributed by atoms with Crippen LogP contribution in [0.5, 0.6) is 23.0 Å². The first-order valence-corrected chi connectivity index (χ1v) is 18.5. The summed E-state index contributed by atoms with van der Waals surface area (Å²) in [4.78, 5) is 46.6. The Kier molecular flexibility index (Phi) is 11.0. The first-order valence-electron chi connectivity index (χ1n) is 17.7. The normalized spacial score (nSPS) is 23.4. The predicted molar refractivity (Wildman–Crippen MR) is 200 cm³/mol. The fourth-order valence-corrected chi connectivity index (χ4v) is 9.26. The second-order valence-corrected chi connectivity index (χ2v) is 14.8. The second-order valence-electron chi connectivity index (χ2n) is 13.9. The molecule has 3 aliphatic rings. The van der Waals surface area contributed by atoms with Crippen LogP contribution >= 0.6 is 23.2 Å². The number of ether oxygens (including phenoxy) is 7. The highest BCUT2D eigenvalue weighted by Crippen LogP contribution is 2.51. The van der Waals surface area contributed by atoms with Crippen LogP contribution in [-0.2, 0) is 36.6 Å². The lowest BCUT2D eigenvalue weighted by Gasteiger charge is -2.52. The van der Waals surface area contributed by atoms with E-state index in [1.54, 1.807) is 25.3 Å². The first kappa shape index (κ1) is 37.8.